The highest BCUT2D eigenvalue weighted by molar-refractivity contribution is 5.87. The Morgan fingerprint density at radius 3 is 2.00 bits per heavy atom. The molecule has 0 saturated heterocycles. The van der Waals surface area contributed by atoms with Gasteiger partial charge in [-0.1, -0.05) is 27.7 Å². The molecule has 18 heavy (non-hydrogen) atoms. The maximum absolute atomic E-state index is 11.8. The Balaban J connectivity index is 4.47. The van der Waals surface area contributed by atoms with E-state index in [9.17, 15) is 9.59 Å². The third-order valence-electron chi connectivity index (χ3n) is 2.57. The fourth-order valence-corrected chi connectivity index (χ4v) is 1.72. The highest BCUT2D eigenvalue weighted by Gasteiger charge is 2.25. The average Bonchev–Trinajstić information content (AvgIpc) is 2.25. The molecule has 0 fully saturated rings. The van der Waals surface area contributed by atoms with E-state index in [0.29, 0.717) is 18.8 Å². The van der Waals surface area contributed by atoms with Crippen LogP contribution in [0, 0.1) is 11.8 Å². The first-order valence-corrected chi connectivity index (χ1v) is 6.41. The molecule has 3 N–H and O–H groups in total. The number of nitrogens with one attached hydrogen (secondary N) is 1. The molecule has 0 bridgehead atoms. The lowest BCUT2D eigenvalue weighted by Crippen LogP contribution is -2.49. The summed E-state index contributed by atoms with van der Waals surface area (Å²) in [5, 5.41) is 2.67. The molecule has 106 valence electrons. The van der Waals surface area contributed by atoms with Crippen LogP contribution in [-0.2, 0) is 14.3 Å². The summed E-state index contributed by atoms with van der Waals surface area (Å²) in [6, 6.07) is -1.19. The molecule has 0 aromatic heterocycles. The zero-order valence-corrected chi connectivity index (χ0v) is 12.0. The van der Waals surface area contributed by atoms with Gasteiger partial charge in [0, 0.05) is 0 Å². The highest BCUT2D eigenvalue weighted by Crippen LogP contribution is 2.08. The lowest BCUT2D eigenvalue weighted by molar-refractivity contribution is -0.145. The SMILES string of the molecule is COC(=O)[C@@H](CC(C)C)NC(=O)[C@@H](N)CC(C)C. The summed E-state index contributed by atoms with van der Waals surface area (Å²) in [6.45, 7) is 7.96. The van der Waals surface area contributed by atoms with Crippen LogP contribution in [0.3, 0.4) is 0 Å². The summed E-state index contributed by atoms with van der Waals surface area (Å²) in [5.74, 6) is -0.0864. The van der Waals surface area contributed by atoms with Gasteiger partial charge < -0.3 is 15.8 Å². The Bertz CT molecular complexity index is 277. The van der Waals surface area contributed by atoms with E-state index in [2.05, 4.69) is 10.1 Å². The zero-order chi connectivity index (χ0) is 14.3. The van der Waals surface area contributed by atoms with Crippen LogP contribution in [0.2, 0.25) is 0 Å². The summed E-state index contributed by atoms with van der Waals surface area (Å²) in [4.78, 5) is 23.4. The highest BCUT2D eigenvalue weighted by atomic mass is 16.5. The van der Waals surface area contributed by atoms with E-state index in [1.54, 1.807) is 0 Å². The molecule has 0 heterocycles. The molecule has 0 aliphatic rings. The summed E-state index contributed by atoms with van der Waals surface area (Å²) < 4.78 is 4.68. The number of hydrogen-bond acceptors (Lipinski definition) is 4. The molecule has 5 nitrogen and oxygen atoms in total. The minimum absolute atomic E-state index is 0.288. The van der Waals surface area contributed by atoms with Gasteiger partial charge in [0.05, 0.1) is 13.2 Å². The maximum atomic E-state index is 11.8. The third kappa shape index (κ3) is 6.59. The standard InChI is InChI=1S/C13H26N2O3/c1-8(2)6-10(14)12(16)15-11(7-9(3)4)13(17)18-5/h8-11H,6-7,14H2,1-5H3,(H,15,16)/t10-,11+/m0/s1. The number of ether oxygens (including phenoxy) is 1. The van der Waals surface area contributed by atoms with Crippen LogP contribution in [0.1, 0.15) is 40.5 Å². The van der Waals surface area contributed by atoms with Crippen LogP contribution >= 0.6 is 0 Å². The number of amides is 1. The molecule has 0 unspecified atom stereocenters. The van der Waals surface area contributed by atoms with Gasteiger partial charge in [0.1, 0.15) is 6.04 Å². The number of hydrogen-bond donors (Lipinski definition) is 2. The van der Waals surface area contributed by atoms with Crippen molar-refractivity contribution in [2.75, 3.05) is 7.11 Å². The Hall–Kier alpha value is -1.10. The summed E-state index contributed by atoms with van der Waals surface area (Å²) >= 11 is 0. The monoisotopic (exact) mass is 258 g/mol. The van der Waals surface area contributed by atoms with Gasteiger partial charge in [-0.05, 0) is 24.7 Å². The molecule has 0 aromatic rings. The normalized spacial score (nSPS) is 14.4. The van der Waals surface area contributed by atoms with Crippen molar-refractivity contribution >= 4 is 11.9 Å². The first-order valence-electron chi connectivity index (χ1n) is 6.41. The summed E-state index contributed by atoms with van der Waals surface area (Å²) in [5.41, 5.74) is 5.77. The van der Waals surface area contributed by atoms with Crippen molar-refractivity contribution in [2.45, 2.75) is 52.6 Å². The van der Waals surface area contributed by atoms with Crippen LogP contribution in [0.4, 0.5) is 0 Å². The van der Waals surface area contributed by atoms with E-state index in [1.807, 2.05) is 27.7 Å². The zero-order valence-electron chi connectivity index (χ0n) is 12.0. The van der Waals surface area contributed by atoms with Gasteiger partial charge in [-0.3, -0.25) is 4.79 Å². The fraction of sp³-hybridized carbons (Fsp3) is 0.846. The predicted octanol–water partition coefficient (Wildman–Crippen LogP) is 1.06. The van der Waals surface area contributed by atoms with E-state index in [-0.39, 0.29) is 11.8 Å². The van der Waals surface area contributed by atoms with Crippen LogP contribution in [0.15, 0.2) is 0 Å². The smallest absolute Gasteiger partial charge is 0.328 e. The molecule has 0 aliphatic carbocycles. The van der Waals surface area contributed by atoms with Crippen LogP contribution in [-0.4, -0.2) is 31.1 Å². The minimum atomic E-state index is -0.610. The predicted molar refractivity (Wildman–Crippen MR) is 70.8 cm³/mol. The Kier molecular flexibility index (Phi) is 7.59. The van der Waals surface area contributed by atoms with Crippen molar-refractivity contribution in [3.8, 4) is 0 Å². The van der Waals surface area contributed by atoms with Gasteiger partial charge in [-0.15, -0.1) is 0 Å². The Morgan fingerprint density at radius 2 is 1.61 bits per heavy atom. The van der Waals surface area contributed by atoms with Crippen molar-refractivity contribution < 1.29 is 14.3 Å². The Labute approximate surface area is 109 Å². The second kappa shape index (κ2) is 8.08. The molecule has 2 atom stereocenters. The second-order valence-electron chi connectivity index (χ2n) is 5.45. The number of esters is 1. The van der Waals surface area contributed by atoms with E-state index >= 15 is 0 Å². The van der Waals surface area contributed by atoms with Crippen LogP contribution in [0.5, 0.6) is 0 Å². The quantitative estimate of drug-likeness (QED) is 0.669. The van der Waals surface area contributed by atoms with Gasteiger partial charge >= 0.3 is 5.97 Å². The molecule has 5 heteroatoms. The third-order valence-corrected chi connectivity index (χ3v) is 2.57. The van der Waals surface area contributed by atoms with Crippen molar-refractivity contribution in [1.29, 1.82) is 0 Å². The van der Waals surface area contributed by atoms with Crippen molar-refractivity contribution in [3.63, 3.8) is 0 Å². The lowest BCUT2D eigenvalue weighted by atomic mass is 10.0. The molecule has 0 spiro atoms. The number of methoxy groups -OCH3 is 1. The molecule has 1 amide bonds. The first-order chi connectivity index (χ1) is 8.27. The van der Waals surface area contributed by atoms with E-state index < -0.39 is 18.1 Å². The number of rotatable bonds is 7. The van der Waals surface area contributed by atoms with Gasteiger partial charge in [0.25, 0.3) is 0 Å². The van der Waals surface area contributed by atoms with Gasteiger partial charge in [0.15, 0.2) is 0 Å². The summed E-state index contributed by atoms with van der Waals surface area (Å²) in [7, 11) is 1.32. The van der Waals surface area contributed by atoms with Crippen LogP contribution < -0.4 is 11.1 Å². The molecular weight excluding hydrogens is 232 g/mol. The topological polar surface area (TPSA) is 81.4 Å². The number of carbonyl (C=O) groups excluding carboxylic acids is 2. The molecule has 0 saturated carbocycles. The minimum Gasteiger partial charge on any atom is -0.467 e. The molecule has 0 aliphatic heterocycles. The van der Waals surface area contributed by atoms with Crippen molar-refractivity contribution in [2.24, 2.45) is 17.6 Å². The van der Waals surface area contributed by atoms with E-state index in [1.165, 1.54) is 7.11 Å². The van der Waals surface area contributed by atoms with Gasteiger partial charge in [-0.2, -0.15) is 0 Å². The largest absolute Gasteiger partial charge is 0.467 e. The fourth-order valence-electron chi connectivity index (χ4n) is 1.72. The number of nitrogens with two attached hydrogens (primary N) is 1. The molecule has 0 aromatic carbocycles. The second-order valence-corrected chi connectivity index (χ2v) is 5.45. The van der Waals surface area contributed by atoms with Gasteiger partial charge in [-0.25, -0.2) is 4.79 Å². The van der Waals surface area contributed by atoms with Crippen molar-refractivity contribution in [3.05, 3.63) is 0 Å². The molecular formula is C13H26N2O3. The molecule has 0 radical (unpaired) electrons. The number of carbonyl (C=O) groups is 2. The van der Waals surface area contributed by atoms with E-state index in [4.69, 9.17) is 5.73 Å². The van der Waals surface area contributed by atoms with Crippen molar-refractivity contribution in [1.82, 2.24) is 5.32 Å². The molecule has 0 rings (SSSR count). The summed E-state index contributed by atoms with van der Waals surface area (Å²) in [6.07, 6.45) is 1.15. The van der Waals surface area contributed by atoms with E-state index in [0.717, 1.165) is 0 Å². The average molecular weight is 258 g/mol. The lowest BCUT2D eigenvalue weighted by Gasteiger charge is -2.21. The maximum Gasteiger partial charge on any atom is 0.328 e. The van der Waals surface area contributed by atoms with Gasteiger partial charge in [0.2, 0.25) is 5.91 Å². The first kappa shape index (κ1) is 16.9. The van der Waals surface area contributed by atoms with Crippen LogP contribution in [0.25, 0.3) is 0 Å². The Morgan fingerprint density at radius 1 is 1.11 bits per heavy atom.